The van der Waals surface area contributed by atoms with Gasteiger partial charge >= 0.3 is 0 Å². The first-order valence-corrected chi connectivity index (χ1v) is 24.3. The monoisotopic (exact) mass is 1020 g/mol. The highest BCUT2D eigenvalue weighted by atomic mass is 19.3. The van der Waals surface area contributed by atoms with Gasteiger partial charge in [0.1, 0.15) is 11.4 Å². The molecule has 6 aromatic rings. The lowest BCUT2D eigenvalue weighted by Crippen LogP contribution is -2.62. The van der Waals surface area contributed by atoms with Gasteiger partial charge in [0.2, 0.25) is 0 Å². The summed E-state index contributed by atoms with van der Waals surface area (Å²) in [5.41, 5.74) is 5.63. The molecule has 4 N–H and O–H groups in total. The summed E-state index contributed by atoms with van der Waals surface area (Å²) in [5, 5.41) is 25.2. The molecular formula is C56H56F6N6O6. The molecule has 0 bridgehead atoms. The van der Waals surface area contributed by atoms with E-state index in [1.807, 2.05) is 84.3 Å². The molecule has 4 atom stereocenters. The molecule has 0 spiro atoms. The molecule has 0 radical (unpaired) electrons. The number of carbonyl (C=O) groups is 2. The molecule has 0 aliphatic carbocycles. The van der Waals surface area contributed by atoms with Crippen LogP contribution in [0.3, 0.4) is 0 Å². The van der Waals surface area contributed by atoms with E-state index < -0.39 is 71.7 Å². The third kappa shape index (κ3) is 10.6. The zero-order valence-corrected chi connectivity index (χ0v) is 41.2. The van der Waals surface area contributed by atoms with E-state index in [-0.39, 0.29) is 37.2 Å². The van der Waals surface area contributed by atoms with Gasteiger partial charge in [-0.3, -0.25) is 19.6 Å². The van der Waals surface area contributed by atoms with Crippen molar-refractivity contribution in [3.63, 3.8) is 0 Å². The lowest BCUT2D eigenvalue weighted by molar-refractivity contribution is -0.0174. The number of alkyl halides is 6. The Morgan fingerprint density at radius 1 is 0.622 bits per heavy atom. The summed E-state index contributed by atoms with van der Waals surface area (Å²) in [5.74, 6) is -7.35. The minimum Gasteiger partial charge on any atom is -0.393 e. The lowest BCUT2D eigenvalue weighted by Gasteiger charge is -2.48. The van der Waals surface area contributed by atoms with Crippen LogP contribution >= 0.6 is 0 Å². The van der Waals surface area contributed by atoms with Crippen LogP contribution in [0.2, 0.25) is 0 Å². The fourth-order valence-corrected chi connectivity index (χ4v) is 10.2. The highest BCUT2D eigenvalue weighted by molar-refractivity contribution is 6.05. The minimum atomic E-state index is -3.15. The molecule has 12 nitrogen and oxygen atoms in total. The number of pyridine rings is 2. The maximum absolute atomic E-state index is 15.6. The number of hydrogen-bond acceptors (Lipinski definition) is 10. The molecule has 2 aromatic heterocycles. The molecule has 74 heavy (non-hydrogen) atoms. The highest BCUT2D eigenvalue weighted by Crippen LogP contribution is 2.44. The second-order valence-electron chi connectivity index (χ2n) is 19.6. The SMILES string of the molecule is Cc1ccc(NC(=O)c2ccnc(C(C)(F)F)c2)cc1-c1ccc2c(c1)N1CCOC[C@@H]1[C@](F)(CO)C2.Cc1ccc(NC(=O)c2ccnc(C(C)(F)F)c2)cc1-c1ccc2c(c1)N1CCOC[C@H]1[C@@](F)(CO)C2. The van der Waals surface area contributed by atoms with Gasteiger partial charge in [-0.1, -0.05) is 36.4 Å². The summed E-state index contributed by atoms with van der Waals surface area (Å²) in [7, 11) is 0. The van der Waals surface area contributed by atoms with Crippen molar-refractivity contribution in [2.75, 3.05) is 73.2 Å². The summed E-state index contributed by atoms with van der Waals surface area (Å²) in [6.07, 6.45) is 2.58. The number of halogens is 6. The minimum absolute atomic E-state index is 0.0828. The van der Waals surface area contributed by atoms with Crippen LogP contribution < -0.4 is 20.4 Å². The van der Waals surface area contributed by atoms with Crippen molar-refractivity contribution in [2.24, 2.45) is 0 Å². The Morgan fingerprint density at radius 2 is 1.03 bits per heavy atom. The van der Waals surface area contributed by atoms with Gasteiger partial charge in [0.15, 0.2) is 11.3 Å². The Hall–Kier alpha value is -6.86. The van der Waals surface area contributed by atoms with Gasteiger partial charge in [0.05, 0.1) is 51.7 Å². The summed E-state index contributed by atoms with van der Waals surface area (Å²) in [6, 6.07) is 26.3. The molecule has 2 fully saturated rings. The fraction of sp³-hybridized carbons (Fsp3) is 0.357. The number of aryl methyl sites for hydroxylation is 2. The summed E-state index contributed by atoms with van der Waals surface area (Å²) in [6.45, 7) is 6.64. The third-order valence-corrected chi connectivity index (χ3v) is 14.3. The number of benzene rings is 4. The molecule has 0 unspecified atom stereocenters. The number of nitrogens with one attached hydrogen (secondary N) is 2. The molecule has 4 aliphatic heterocycles. The van der Waals surface area contributed by atoms with Crippen molar-refractivity contribution in [2.45, 2.75) is 75.8 Å². The number of nitrogens with zero attached hydrogens (tertiary/aromatic N) is 4. The second-order valence-corrected chi connectivity index (χ2v) is 19.6. The van der Waals surface area contributed by atoms with E-state index in [4.69, 9.17) is 9.47 Å². The molecule has 4 aliphatic rings. The number of aromatic nitrogens is 2. The van der Waals surface area contributed by atoms with Crippen molar-refractivity contribution < 1.29 is 55.6 Å². The van der Waals surface area contributed by atoms with Crippen LogP contribution in [0.1, 0.15) is 68.2 Å². The average Bonchev–Trinajstić information content (AvgIpc) is 3.40. The molecule has 2 saturated heterocycles. The largest absolute Gasteiger partial charge is 0.393 e. The number of morpholine rings is 2. The first kappa shape index (κ1) is 52.0. The smallest absolute Gasteiger partial charge is 0.286 e. The van der Waals surface area contributed by atoms with Crippen LogP contribution in [-0.2, 0) is 34.2 Å². The van der Waals surface area contributed by atoms with Crippen LogP contribution in [0, 0.1) is 13.8 Å². The number of amides is 2. The number of ether oxygens (including phenoxy) is 2. The van der Waals surface area contributed by atoms with Crippen molar-refractivity contribution in [3.8, 4) is 22.3 Å². The molecule has 4 aromatic carbocycles. The zero-order valence-electron chi connectivity index (χ0n) is 41.2. The van der Waals surface area contributed by atoms with Crippen LogP contribution in [0.4, 0.5) is 49.1 Å². The van der Waals surface area contributed by atoms with Crippen LogP contribution in [0.5, 0.6) is 0 Å². The van der Waals surface area contributed by atoms with Crippen molar-refractivity contribution in [1.29, 1.82) is 0 Å². The summed E-state index contributed by atoms with van der Waals surface area (Å²) >= 11 is 0. The van der Waals surface area contributed by atoms with E-state index in [0.29, 0.717) is 37.7 Å². The average molecular weight is 1020 g/mol. The molecule has 10 rings (SSSR count). The number of rotatable bonds is 10. The maximum atomic E-state index is 15.6. The maximum Gasteiger partial charge on any atom is 0.286 e. The second kappa shape index (κ2) is 20.5. The van der Waals surface area contributed by atoms with Crippen LogP contribution in [0.15, 0.2) is 109 Å². The Bertz CT molecular complexity index is 2890. The Labute approximate surface area is 424 Å². The number of aliphatic hydroxyl groups is 2. The summed E-state index contributed by atoms with van der Waals surface area (Å²) in [4.78, 5) is 36.9. The molecule has 0 saturated carbocycles. The quantitative estimate of drug-likeness (QED) is 0.0978. The number of hydrogen-bond donors (Lipinski definition) is 4. The molecule has 6 heterocycles. The Balaban J connectivity index is 0.000000182. The van der Waals surface area contributed by atoms with Gasteiger partial charge in [-0.05, 0) is 119 Å². The molecule has 388 valence electrons. The molecule has 2 amide bonds. The van der Waals surface area contributed by atoms with Gasteiger partial charge in [-0.25, -0.2) is 8.78 Å². The van der Waals surface area contributed by atoms with Gasteiger partial charge in [-0.2, -0.15) is 17.6 Å². The van der Waals surface area contributed by atoms with E-state index in [1.54, 1.807) is 12.1 Å². The topological polar surface area (TPSA) is 149 Å². The van der Waals surface area contributed by atoms with E-state index in [1.165, 1.54) is 24.5 Å². The van der Waals surface area contributed by atoms with Crippen molar-refractivity contribution in [3.05, 3.63) is 154 Å². The van der Waals surface area contributed by atoms with Crippen LogP contribution in [-0.4, -0.2) is 108 Å². The zero-order chi connectivity index (χ0) is 52.7. The van der Waals surface area contributed by atoms with E-state index in [0.717, 1.165) is 81.9 Å². The van der Waals surface area contributed by atoms with Gasteiger partial charge in [0.25, 0.3) is 23.7 Å². The third-order valence-electron chi connectivity index (χ3n) is 14.3. The van der Waals surface area contributed by atoms with Crippen molar-refractivity contribution in [1.82, 2.24) is 9.97 Å². The van der Waals surface area contributed by atoms with E-state index in [2.05, 4.69) is 20.6 Å². The number of aliphatic hydroxyl groups excluding tert-OH is 2. The highest BCUT2D eigenvalue weighted by Gasteiger charge is 2.49. The Morgan fingerprint density at radius 3 is 1.41 bits per heavy atom. The first-order valence-electron chi connectivity index (χ1n) is 24.3. The van der Waals surface area contributed by atoms with Gasteiger partial charge in [-0.15, -0.1) is 0 Å². The Kier molecular flexibility index (Phi) is 14.4. The number of fused-ring (bicyclic) bond motifs is 6. The lowest BCUT2D eigenvalue weighted by atomic mass is 9.82. The number of carbonyl (C=O) groups excluding carboxylic acids is 2. The summed E-state index contributed by atoms with van der Waals surface area (Å²) < 4.78 is 96.8. The molecule has 18 heteroatoms. The van der Waals surface area contributed by atoms with Crippen LogP contribution in [0.25, 0.3) is 22.3 Å². The van der Waals surface area contributed by atoms with Gasteiger partial charge < -0.3 is 40.1 Å². The van der Waals surface area contributed by atoms with Crippen molar-refractivity contribution >= 4 is 34.6 Å². The predicted octanol–water partition coefficient (Wildman–Crippen LogP) is 9.77. The number of anilines is 4. The van der Waals surface area contributed by atoms with E-state index in [9.17, 15) is 37.4 Å². The van der Waals surface area contributed by atoms with Gasteiger partial charge in [0, 0.05) is 86.0 Å². The van der Waals surface area contributed by atoms with E-state index >= 15 is 8.78 Å². The fourth-order valence-electron chi connectivity index (χ4n) is 10.2. The first-order chi connectivity index (χ1) is 35.2. The normalized spacial score (nSPS) is 21.2. The molecular weight excluding hydrogens is 967 g/mol. The standard InChI is InChI=1S/2C28H28F3N3O3/c2*1-17-3-6-21(33-26(36)19-7-8-32-24(12-19)27(2,29)30)13-22(17)18-4-5-20-14-28(31,16-35)25-15-37-10-9-34(25)23(20)11-18/h2*3-8,11-13,25,35H,9-10,14-16H2,1-2H3,(H,33,36)/t2*25-,28-/m10/s1. The predicted molar refractivity (Wildman–Crippen MR) is 270 cm³/mol.